The Hall–Kier alpha value is -6.84. The Morgan fingerprint density at radius 2 is 1.04 bits per heavy atom. The first-order valence-corrected chi connectivity index (χ1v) is 17.9. The van der Waals surface area contributed by atoms with Gasteiger partial charge in [-0.1, -0.05) is 133 Å². The van der Waals surface area contributed by atoms with Crippen LogP contribution in [0.15, 0.2) is 180 Å². The highest BCUT2D eigenvalue weighted by Gasteiger charge is 2.23. The second-order valence-electron chi connectivity index (χ2n) is 13.7. The van der Waals surface area contributed by atoms with Gasteiger partial charge in [0.05, 0.1) is 27.8 Å². The van der Waals surface area contributed by atoms with Gasteiger partial charge in [-0.05, 0) is 71.6 Å². The summed E-state index contributed by atoms with van der Waals surface area (Å²) in [5.74, 6) is 0. The molecule has 52 heavy (non-hydrogen) atoms. The zero-order chi connectivity index (χ0) is 34.3. The van der Waals surface area contributed by atoms with Crippen LogP contribution in [0.4, 0.5) is 0 Å². The topological polar surface area (TPSA) is 23.0 Å². The van der Waals surface area contributed by atoms with Crippen LogP contribution in [0.3, 0.4) is 0 Å². The number of furan rings is 1. The predicted molar refractivity (Wildman–Crippen MR) is 218 cm³/mol. The molecule has 244 valence electrons. The van der Waals surface area contributed by atoms with Gasteiger partial charge in [-0.3, -0.25) is 0 Å². The third kappa shape index (κ3) is 4.08. The lowest BCUT2D eigenvalue weighted by Crippen LogP contribution is -1.98. The Bertz CT molecular complexity index is 3180. The Morgan fingerprint density at radius 3 is 1.83 bits per heavy atom. The number of hydrogen-bond donors (Lipinski definition) is 0. The Morgan fingerprint density at radius 1 is 0.423 bits per heavy atom. The molecule has 0 N–H and O–H groups in total. The minimum atomic E-state index is 0.905. The minimum Gasteiger partial charge on any atom is -0.454 e. The van der Waals surface area contributed by atoms with Crippen molar-refractivity contribution in [2.24, 2.45) is 0 Å². The second-order valence-corrected chi connectivity index (χ2v) is 13.7. The molecular formula is C49H32N2O. The summed E-state index contributed by atoms with van der Waals surface area (Å²) in [5, 5.41) is 7.17. The van der Waals surface area contributed by atoms with Crippen molar-refractivity contribution in [3.8, 4) is 33.6 Å². The third-order valence-electron chi connectivity index (χ3n) is 10.8. The summed E-state index contributed by atoms with van der Waals surface area (Å²) in [6, 6.07) is 63.6. The molecule has 0 spiro atoms. The summed E-state index contributed by atoms with van der Waals surface area (Å²) in [5.41, 5.74) is 14.7. The zero-order valence-electron chi connectivity index (χ0n) is 28.5. The first-order chi connectivity index (χ1) is 25.7. The van der Waals surface area contributed by atoms with Crippen LogP contribution < -0.4 is 0 Å². The van der Waals surface area contributed by atoms with Crippen LogP contribution in [-0.4, -0.2) is 9.13 Å². The molecule has 11 rings (SSSR count). The molecule has 0 unspecified atom stereocenters. The van der Waals surface area contributed by atoms with E-state index in [1.165, 1.54) is 60.4 Å². The molecule has 0 aliphatic rings. The number of rotatable bonds is 4. The van der Waals surface area contributed by atoms with Gasteiger partial charge in [0.2, 0.25) is 0 Å². The van der Waals surface area contributed by atoms with Crippen molar-refractivity contribution in [2.45, 2.75) is 6.92 Å². The highest BCUT2D eigenvalue weighted by Crippen LogP contribution is 2.46. The van der Waals surface area contributed by atoms with Crippen molar-refractivity contribution in [3.05, 3.63) is 181 Å². The van der Waals surface area contributed by atoms with E-state index >= 15 is 0 Å². The molecule has 0 radical (unpaired) electrons. The van der Waals surface area contributed by atoms with Gasteiger partial charge in [0.1, 0.15) is 5.58 Å². The van der Waals surface area contributed by atoms with Gasteiger partial charge < -0.3 is 13.6 Å². The first-order valence-electron chi connectivity index (χ1n) is 17.9. The standard InChI is InChI=1S/C49H32N2O/c1-31-24-26-40-38-20-10-13-23-45(38)52-49(40)47(31)51-43-22-12-9-19-37(43)41-30-33(25-29-44(41)51)46-35(32-14-4-2-5-15-32)27-28-39-36-18-8-11-21-42(36)50(48(39)46)34-16-6-3-7-17-34/h2-30H,1H3. The number of aryl methyl sites for hydroxylation is 1. The molecule has 0 amide bonds. The third-order valence-corrected chi connectivity index (χ3v) is 10.8. The van der Waals surface area contributed by atoms with Gasteiger partial charge in [-0.25, -0.2) is 0 Å². The van der Waals surface area contributed by atoms with Gasteiger partial charge in [-0.15, -0.1) is 0 Å². The SMILES string of the molecule is Cc1ccc2c(oc3ccccc32)c1-n1c2ccccc2c2cc(-c3c(-c4ccccc4)ccc4c5ccccc5n(-c5ccccc5)c34)ccc21. The van der Waals surface area contributed by atoms with Gasteiger partial charge in [0, 0.05) is 43.6 Å². The molecule has 3 aromatic heterocycles. The Labute approximate surface area is 300 Å². The molecule has 0 atom stereocenters. The maximum absolute atomic E-state index is 6.65. The molecule has 0 saturated heterocycles. The Kier molecular flexibility index (Phi) is 6.17. The van der Waals surface area contributed by atoms with Gasteiger partial charge in [-0.2, -0.15) is 0 Å². The average molecular weight is 665 g/mol. The lowest BCUT2D eigenvalue weighted by Gasteiger charge is -2.17. The van der Waals surface area contributed by atoms with Crippen LogP contribution in [0.1, 0.15) is 5.56 Å². The van der Waals surface area contributed by atoms with Crippen molar-refractivity contribution < 1.29 is 4.42 Å². The summed E-state index contributed by atoms with van der Waals surface area (Å²) in [6.07, 6.45) is 0. The number of aromatic nitrogens is 2. The molecule has 0 aliphatic heterocycles. The molecule has 3 nitrogen and oxygen atoms in total. The number of fused-ring (bicyclic) bond motifs is 9. The maximum atomic E-state index is 6.65. The maximum Gasteiger partial charge on any atom is 0.159 e. The monoisotopic (exact) mass is 664 g/mol. The molecule has 11 aromatic rings. The normalized spacial score (nSPS) is 11.9. The van der Waals surface area contributed by atoms with Crippen molar-refractivity contribution in [1.82, 2.24) is 9.13 Å². The fraction of sp³-hybridized carbons (Fsp3) is 0.0204. The second kappa shape index (κ2) is 11.1. The lowest BCUT2D eigenvalue weighted by molar-refractivity contribution is 0.666. The fourth-order valence-electron chi connectivity index (χ4n) is 8.57. The summed E-state index contributed by atoms with van der Waals surface area (Å²) in [7, 11) is 0. The van der Waals surface area contributed by atoms with Crippen LogP contribution in [0.5, 0.6) is 0 Å². The van der Waals surface area contributed by atoms with Gasteiger partial charge in [0.25, 0.3) is 0 Å². The Balaban J connectivity index is 1.27. The highest BCUT2D eigenvalue weighted by molar-refractivity contribution is 6.18. The van der Waals surface area contributed by atoms with Crippen LogP contribution in [0.25, 0.3) is 99.2 Å². The molecule has 0 saturated carbocycles. The lowest BCUT2D eigenvalue weighted by atomic mass is 9.91. The number of nitrogens with zero attached hydrogens (tertiary/aromatic N) is 2. The number of para-hydroxylation sites is 4. The number of benzene rings is 8. The van der Waals surface area contributed by atoms with Gasteiger partial charge in [0.15, 0.2) is 5.58 Å². The smallest absolute Gasteiger partial charge is 0.159 e. The summed E-state index contributed by atoms with van der Waals surface area (Å²) >= 11 is 0. The van der Waals surface area contributed by atoms with E-state index in [1.807, 2.05) is 6.07 Å². The van der Waals surface area contributed by atoms with Crippen LogP contribution >= 0.6 is 0 Å². The molecule has 8 aromatic carbocycles. The fourth-order valence-corrected chi connectivity index (χ4v) is 8.57. The molecule has 3 heteroatoms. The van der Waals surface area contributed by atoms with Crippen LogP contribution in [-0.2, 0) is 0 Å². The van der Waals surface area contributed by atoms with E-state index in [9.17, 15) is 0 Å². The van der Waals surface area contributed by atoms with E-state index in [0.29, 0.717) is 0 Å². The van der Waals surface area contributed by atoms with E-state index in [0.717, 1.165) is 44.3 Å². The predicted octanol–water partition coefficient (Wildman–Crippen LogP) is 13.4. The van der Waals surface area contributed by atoms with Crippen molar-refractivity contribution in [3.63, 3.8) is 0 Å². The van der Waals surface area contributed by atoms with Crippen molar-refractivity contribution in [1.29, 1.82) is 0 Å². The molecular weight excluding hydrogens is 633 g/mol. The van der Waals surface area contributed by atoms with E-state index in [1.54, 1.807) is 0 Å². The number of hydrogen-bond acceptors (Lipinski definition) is 1. The van der Waals surface area contributed by atoms with E-state index in [2.05, 4.69) is 186 Å². The van der Waals surface area contributed by atoms with E-state index < -0.39 is 0 Å². The van der Waals surface area contributed by atoms with Crippen molar-refractivity contribution in [2.75, 3.05) is 0 Å². The largest absolute Gasteiger partial charge is 0.454 e. The minimum absolute atomic E-state index is 0.905. The molecule has 3 heterocycles. The van der Waals surface area contributed by atoms with Crippen LogP contribution in [0.2, 0.25) is 0 Å². The summed E-state index contributed by atoms with van der Waals surface area (Å²) in [4.78, 5) is 0. The first kappa shape index (κ1) is 28.9. The molecule has 0 bridgehead atoms. The van der Waals surface area contributed by atoms with Gasteiger partial charge >= 0.3 is 0 Å². The van der Waals surface area contributed by atoms with Crippen molar-refractivity contribution >= 4 is 65.6 Å². The highest BCUT2D eigenvalue weighted by atomic mass is 16.3. The molecule has 0 aliphatic carbocycles. The zero-order valence-corrected chi connectivity index (χ0v) is 28.5. The average Bonchev–Trinajstić information content (AvgIpc) is 3.86. The van der Waals surface area contributed by atoms with E-state index in [4.69, 9.17) is 4.42 Å². The van der Waals surface area contributed by atoms with Crippen LogP contribution in [0, 0.1) is 6.92 Å². The van der Waals surface area contributed by atoms with E-state index in [-0.39, 0.29) is 0 Å². The summed E-state index contributed by atoms with van der Waals surface area (Å²) < 4.78 is 11.5. The summed E-state index contributed by atoms with van der Waals surface area (Å²) in [6.45, 7) is 2.19. The quantitative estimate of drug-likeness (QED) is 0.184. The molecule has 0 fully saturated rings.